The molecule has 6 atom stereocenters. The summed E-state index contributed by atoms with van der Waals surface area (Å²) in [6.45, 7) is 0.739. The number of ether oxygens (including phenoxy) is 2. The Morgan fingerprint density at radius 3 is 2.56 bits per heavy atom. The van der Waals surface area contributed by atoms with Crippen molar-refractivity contribution < 1.29 is 34.7 Å². The van der Waals surface area contributed by atoms with Crippen LogP contribution in [0.3, 0.4) is 0 Å². The summed E-state index contributed by atoms with van der Waals surface area (Å²) in [7, 11) is 0. The van der Waals surface area contributed by atoms with E-state index in [2.05, 4.69) is 0 Å². The van der Waals surface area contributed by atoms with Crippen molar-refractivity contribution in [1.82, 2.24) is 0 Å². The topological polar surface area (TPSA) is 142 Å². The summed E-state index contributed by atoms with van der Waals surface area (Å²) in [5.41, 5.74) is 5.44. The molecule has 0 aromatic rings. The average molecular weight is 265 g/mol. The van der Waals surface area contributed by atoms with Gasteiger partial charge in [-0.3, -0.25) is 0 Å². The third kappa shape index (κ3) is 3.16. The molecule has 1 aliphatic heterocycles. The molecule has 1 rings (SSSR count). The van der Waals surface area contributed by atoms with Crippen LogP contribution in [0.2, 0.25) is 0 Å². The highest BCUT2D eigenvalue weighted by Gasteiger charge is 2.45. The molecule has 106 valence electrons. The Hall–Kier alpha value is -0.770. The number of hydrogen-bond acceptors (Lipinski definition) is 7. The van der Waals surface area contributed by atoms with Crippen molar-refractivity contribution in [2.75, 3.05) is 13.2 Å². The Bertz CT molecular complexity index is 287. The van der Waals surface area contributed by atoms with Crippen molar-refractivity contribution in [3.05, 3.63) is 0 Å². The van der Waals surface area contributed by atoms with Crippen LogP contribution in [0.25, 0.3) is 0 Å². The molecule has 1 saturated heterocycles. The highest BCUT2D eigenvalue weighted by atomic mass is 16.6. The molecular weight excluding hydrogens is 246 g/mol. The standard InChI is InChI=1S/C10H19NO7/c1-4(9(14)15)17-8-5(2-11)10(16)18-6(3-12)7(8)13/h4-8,10,12-13,16H,2-3,11H2,1H3,(H,14,15)/t4-,5+,6?,7?,8-,10?/m1/s1. The van der Waals surface area contributed by atoms with Crippen LogP contribution in [0.15, 0.2) is 0 Å². The molecule has 8 nitrogen and oxygen atoms in total. The van der Waals surface area contributed by atoms with Gasteiger partial charge in [0.25, 0.3) is 0 Å². The zero-order chi connectivity index (χ0) is 13.9. The van der Waals surface area contributed by atoms with E-state index in [0.29, 0.717) is 0 Å². The second kappa shape index (κ2) is 6.41. The van der Waals surface area contributed by atoms with Gasteiger partial charge in [-0.05, 0) is 6.92 Å². The smallest absolute Gasteiger partial charge is 0.332 e. The van der Waals surface area contributed by atoms with Crippen molar-refractivity contribution in [2.45, 2.75) is 37.6 Å². The van der Waals surface area contributed by atoms with Crippen molar-refractivity contribution in [1.29, 1.82) is 0 Å². The molecule has 0 spiro atoms. The fourth-order valence-corrected chi connectivity index (χ4v) is 1.86. The van der Waals surface area contributed by atoms with Crippen molar-refractivity contribution in [3.8, 4) is 0 Å². The molecule has 0 saturated carbocycles. The lowest BCUT2D eigenvalue weighted by Crippen LogP contribution is -2.59. The van der Waals surface area contributed by atoms with Gasteiger partial charge in [0.1, 0.15) is 12.2 Å². The third-order valence-corrected chi connectivity index (χ3v) is 2.98. The third-order valence-electron chi connectivity index (χ3n) is 2.98. The van der Waals surface area contributed by atoms with E-state index in [1.54, 1.807) is 0 Å². The first-order chi connectivity index (χ1) is 8.42. The molecule has 8 heteroatoms. The van der Waals surface area contributed by atoms with Gasteiger partial charge in [0.2, 0.25) is 0 Å². The van der Waals surface area contributed by atoms with E-state index in [0.717, 1.165) is 0 Å². The highest BCUT2D eigenvalue weighted by Crippen LogP contribution is 2.27. The Labute approximate surface area is 104 Å². The minimum atomic E-state index is -1.32. The number of aliphatic hydroxyl groups is 3. The van der Waals surface area contributed by atoms with Gasteiger partial charge in [0.05, 0.1) is 18.6 Å². The first kappa shape index (κ1) is 15.3. The molecule has 1 fully saturated rings. The number of carboxylic acids is 1. The zero-order valence-electron chi connectivity index (χ0n) is 9.97. The van der Waals surface area contributed by atoms with Gasteiger partial charge in [0.15, 0.2) is 12.4 Å². The van der Waals surface area contributed by atoms with E-state index in [4.69, 9.17) is 25.4 Å². The molecule has 1 heterocycles. The van der Waals surface area contributed by atoms with E-state index >= 15 is 0 Å². The summed E-state index contributed by atoms with van der Waals surface area (Å²) in [5, 5.41) is 37.3. The molecule has 0 aliphatic carbocycles. The second-order valence-electron chi connectivity index (χ2n) is 4.22. The maximum Gasteiger partial charge on any atom is 0.332 e. The first-order valence-electron chi connectivity index (χ1n) is 5.63. The predicted octanol–water partition coefficient (Wildman–Crippen LogP) is -2.51. The van der Waals surface area contributed by atoms with Crippen LogP contribution in [0.4, 0.5) is 0 Å². The summed E-state index contributed by atoms with van der Waals surface area (Å²) < 4.78 is 10.2. The molecule has 6 N–H and O–H groups in total. The van der Waals surface area contributed by atoms with Gasteiger partial charge in [-0.1, -0.05) is 0 Å². The fraction of sp³-hybridized carbons (Fsp3) is 0.900. The van der Waals surface area contributed by atoms with Crippen LogP contribution in [0.1, 0.15) is 6.92 Å². The van der Waals surface area contributed by atoms with Crippen LogP contribution < -0.4 is 5.73 Å². The molecule has 0 aromatic heterocycles. The molecule has 0 aromatic carbocycles. The van der Waals surface area contributed by atoms with Gasteiger partial charge in [-0.15, -0.1) is 0 Å². The summed E-state index contributed by atoms with van der Waals surface area (Å²) >= 11 is 0. The summed E-state index contributed by atoms with van der Waals surface area (Å²) in [6.07, 6.45) is -5.78. The Balaban J connectivity index is 2.82. The quantitative estimate of drug-likeness (QED) is 0.367. The maximum atomic E-state index is 10.7. The van der Waals surface area contributed by atoms with Crippen LogP contribution in [-0.2, 0) is 14.3 Å². The van der Waals surface area contributed by atoms with Crippen LogP contribution in [0, 0.1) is 5.92 Å². The molecule has 0 radical (unpaired) electrons. The summed E-state index contributed by atoms with van der Waals surface area (Å²) in [6, 6.07) is 0. The van der Waals surface area contributed by atoms with Gasteiger partial charge in [-0.2, -0.15) is 0 Å². The number of carbonyl (C=O) groups is 1. The van der Waals surface area contributed by atoms with Gasteiger partial charge < -0.3 is 35.6 Å². The number of rotatable bonds is 5. The van der Waals surface area contributed by atoms with Crippen LogP contribution >= 0.6 is 0 Å². The van der Waals surface area contributed by atoms with E-state index in [9.17, 15) is 15.0 Å². The van der Waals surface area contributed by atoms with Crippen LogP contribution in [0.5, 0.6) is 0 Å². The monoisotopic (exact) mass is 265 g/mol. The second-order valence-corrected chi connectivity index (χ2v) is 4.22. The predicted molar refractivity (Wildman–Crippen MR) is 58.5 cm³/mol. The average Bonchev–Trinajstić information content (AvgIpc) is 2.33. The zero-order valence-corrected chi connectivity index (χ0v) is 9.97. The fourth-order valence-electron chi connectivity index (χ4n) is 1.86. The Morgan fingerprint density at radius 1 is 1.50 bits per heavy atom. The van der Waals surface area contributed by atoms with Crippen molar-refractivity contribution >= 4 is 5.97 Å². The lowest BCUT2D eigenvalue weighted by molar-refractivity contribution is -0.281. The number of nitrogens with two attached hydrogens (primary N) is 1. The lowest BCUT2D eigenvalue weighted by Gasteiger charge is -2.42. The number of aliphatic hydroxyl groups excluding tert-OH is 3. The lowest BCUT2D eigenvalue weighted by atomic mass is 9.90. The number of carboxylic acid groups (broad SMARTS) is 1. The molecule has 18 heavy (non-hydrogen) atoms. The van der Waals surface area contributed by atoms with Crippen LogP contribution in [-0.4, -0.2) is 70.3 Å². The maximum absolute atomic E-state index is 10.7. The van der Waals surface area contributed by atoms with Gasteiger partial charge >= 0.3 is 5.97 Å². The van der Waals surface area contributed by atoms with Crippen molar-refractivity contribution in [2.24, 2.45) is 11.7 Å². The molecule has 1 aliphatic rings. The minimum Gasteiger partial charge on any atom is -0.479 e. The molecular formula is C10H19NO7. The minimum absolute atomic E-state index is 0.0482. The largest absolute Gasteiger partial charge is 0.479 e. The number of aliphatic carboxylic acids is 1. The Morgan fingerprint density at radius 2 is 2.11 bits per heavy atom. The SMILES string of the molecule is C[C@@H](O[C@H]1C(O)C(CO)OC(O)[C@H]1CN)C(=O)O. The van der Waals surface area contributed by atoms with E-state index in [1.165, 1.54) is 6.92 Å². The molecule has 0 bridgehead atoms. The summed E-state index contributed by atoms with van der Waals surface area (Å²) in [5.74, 6) is -1.95. The van der Waals surface area contributed by atoms with E-state index in [1.807, 2.05) is 0 Å². The van der Waals surface area contributed by atoms with Crippen molar-refractivity contribution in [3.63, 3.8) is 0 Å². The number of hydrogen-bond donors (Lipinski definition) is 5. The molecule has 0 amide bonds. The van der Waals surface area contributed by atoms with E-state index < -0.39 is 49.2 Å². The van der Waals surface area contributed by atoms with Gasteiger partial charge in [-0.25, -0.2) is 4.79 Å². The Kier molecular flexibility index (Phi) is 5.45. The first-order valence-corrected chi connectivity index (χ1v) is 5.63. The van der Waals surface area contributed by atoms with E-state index in [-0.39, 0.29) is 6.54 Å². The molecule has 3 unspecified atom stereocenters. The normalized spacial score (nSPS) is 38.4. The van der Waals surface area contributed by atoms with Gasteiger partial charge in [0, 0.05) is 6.54 Å². The summed E-state index contributed by atoms with van der Waals surface area (Å²) in [4.78, 5) is 10.7. The highest BCUT2D eigenvalue weighted by molar-refractivity contribution is 5.71.